The van der Waals surface area contributed by atoms with Gasteiger partial charge in [0.05, 0.1) is 21.3 Å². The van der Waals surface area contributed by atoms with Crippen LogP contribution in [0.15, 0.2) is 17.0 Å². The van der Waals surface area contributed by atoms with E-state index in [1.54, 1.807) is 6.92 Å². The summed E-state index contributed by atoms with van der Waals surface area (Å²) in [5.41, 5.74) is -2.28. The molecule has 0 amide bonds. The molecule has 1 aromatic carbocycles. The predicted octanol–water partition coefficient (Wildman–Crippen LogP) is 4.25. The van der Waals surface area contributed by atoms with Crippen LogP contribution in [0, 0.1) is 6.92 Å². The third-order valence-corrected chi connectivity index (χ3v) is 5.46. The first-order chi connectivity index (χ1) is 10.4. The van der Waals surface area contributed by atoms with E-state index in [9.17, 15) is 31.0 Å². The summed E-state index contributed by atoms with van der Waals surface area (Å²) in [5, 5.41) is 8.30. The summed E-state index contributed by atoms with van der Waals surface area (Å²) < 4.78 is 77.9. The van der Waals surface area contributed by atoms with Gasteiger partial charge in [0.1, 0.15) is 0 Å². The quantitative estimate of drug-likeness (QED) is 0.801. The normalized spacial score (nSPS) is 15.3. The molecule has 3 nitrogen and oxygen atoms in total. The van der Waals surface area contributed by atoms with E-state index in [-0.39, 0.29) is 12.0 Å². The third kappa shape index (κ3) is 3.54. The molecule has 0 aromatic heterocycles. The zero-order valence-corrected chi connectivity index (χ0v) is 13.3. The number of hydrogen-bond donors (Lipinski definition) is 1. The first-order valence-electron chi connectivity index (χ1n) is 6.58. The number of aromatic carboxylic acids is 1. The van der Waals surface area contributed by atoms with Crippen molar-refractivity contribution in [2.45, 2.75) is 49.4 Å². The summed E-state index contributed by atoms with van der Waals surface area (Å²) >= 11 is 0. The smallest absolute Gasteiger partial charge is 0.458 e. The first-order valence-corrected chi connectivity index (χ1v) is 7.80. The zero-order chi connectivity index (χ0) is 18.2. The van der Waals surface area contributed by atoms with Gasteiger partial charge in [0.2, 0.25) is 0 Å². The predicted molar refractivity (Wildman–Crippen MR) is 74.2 cm³/mol. The average Bonchev–Trinajstić information content (AvgIpc) is 2.43. The highest BCUT2D eigenvalue weighted by atomic mass is 32.2. The second-order valence-corrected chi connectivity index (χ2v) is 6.82. The Kier molecular flexibility index (Phi) is 5.56. The summed E-state index contributed by atoms with van der Waals surface area (Å²) in [6, 6.07) is 1.06. The van der Waals surface area contributed by atoms with E-state index in [4.69, 9.17) is 5.11 Å². The van der Waals surface area contributed by atoms with E-state index in [1.807, 2.05) is 0 Å². The molecule has 0 unspecified atom stereocenters. The molecule has 9 heteroatoms. The van der Waals surface area contributed by atoms with Gasteiger partial charge in [0.25, 0.3) is 0 Å². The van der Waals surface area contributed by atoms with Crippen molar-refractivity contribution in [1.82, 2.24) is 0 Å². The summed E-state index contributed by atoms with van der Waals surface area (Å²) in [5.74, 6) is -6.72. The number of alkyl halides is 5. The molecule has 23 heavy (non-hydrogen) atoms. The lowest BCUT2D eigenvalue weighted by Crippen LogP contribution is -2.35. The molecule has 0 fully saturated rings. The molecule has 0 saturated carbocycles. The second kappa shape index (κ2) is 6.54. The van der Waals surface area contributed by atoms with Gasteiger partial charge in [0, 0.05) is 10.8 Å². The fraction of sp³-hybridized carbons (Fsp3) is 0.500. The third-order valence-electron chi connectivity index (χ3n) is 3.47. The van der Waals surface area contributed by atoms with Crippen LogP contribution in [-0.2, 0) is 16.7 Å². The molecule has 0 bridgehead atoms. The van der Waals surface area contributed by atoms with Crippen molar-refractivity contribution >= 4 is 16.8 Å². The topological polar surface area (TPSA) is 54.4 Å². The fourth-order valence-corrected chi connectivity index (χ4v) is 3.46. The highest BCUT2D eigenvalue weighted by Gasteiger charge is 2.60. The Hall–Kier alpha value is -1.51. The Morgan fingerprint density at radius 1 is 1.26 bits per heavy atom. The van der Waals surface area contributed by atoms with Crippen LogP contribution >= 0.6 is 0 Å². The molecule has 1 rings (SSSR count). The van der Waals surface area contributed by atoms with Crippen LogP contribution < -0.4 is 0 Å². The Bertz CT molecular complexity index is 640. The molecule has 0 radical (unpaired) electrons. The largest absolute Gasteiger partial charge is 0.478 e. The van der Waals surface area contributed by atoms with Gasteiger partial charge in [-0.1, -0.05) is 19.9 Å². The van der Waals surface area contributed by atoms with Crippen molar-refractivity contribution in [2.24, 2.45) is 0 Å². The highest BCUT2D eigenvalue weighted by Crippen LogP contribution is 2.47. The Labute approximate surface area is 132 Å². The Balaban J connectivity index is 3.76. The van der Waals surface area contributed by atoms with Gasteiger partial charge in [-0.25, -0.2) is 4.79 Å². The van der Waals surface area contributed by atoms with E-state index in [0.717, 1.165) is 6.92 Å². The highest BCUT2D eigenvalue weighted by molar-refractivity contribution is 7.85. The molecule has 2 atom stereocenters. The SMILES string of the molecule is CC[C@@H](C)[S@@](=O)c1c(C(F)(F)C(F)(F)F)ccc(C(=O)O)c1C. The molecular weight excluding hydrogens is 343 g/mol. The van der Waals surface area contributed by atoms with Crippen molar-refractivity contribution in [3.8, 4) is 0 Å². The molecule has 1 aromatic rings. The molecule has 0 aliphatic carbocycles. The zero-order valence-electron chi connectivity index (χ0n) is 12.5. The van der Waals surface area contributed by atoms with E-state index in [1.165, 1.54) is 6.92 Å². The number of carboxylic acids is 1. The van der Waals surface area contributed by atoms with Gasteiger partial charge in [0.15, 0.2) is 0 Å². The maximum atomic E-state index is 13.8. The number of rotatable bonds is 5. The maximum absolute atomic E-state index is 13.8. The van der Waals surface area contributed by atoms with E-state index in [2.05, 4.69) is 0 Å². The molecule has 0 aliphatic rings. The lowest BCUT2D eigenvalue weighted by atomic mass is 10.0. The standard InChI is InChI=1S/C14H15F5O3S/c1-4-7(2)23(22)11-8(3)9(12(20)21)5-6-10(11)13(15,16)14(17,18)19/h5-7H,4H2,1-3H3,(H,20,21)/t7-,23-/m1/s1. The van der Waals surface area contributed by atoms with E-state index < -0.39 is 50.1 Å². The minimum atomic E-state index is -5.88. The summed E-state index contributed by atoms with van der Waals surface area (Å²) in [4.78, 5) is 10.3. The van der Waals surface area contributed by atoms with Gasteiger partial charge in [-0.15, -0.1) is 0 Å². The molecule has 1 N–H and O–H groups in total. The molecule has 0 heterocycles. The van der Waals surface area contributed by atoms with Crippen LogP contribution in [0.5, 0.6) is 0 Å². The monoisotopic (exact) mass is 358 g/mol. The minimum Gasteiger partial charge on any atom is -0.478 e. The van der Waals surface area contributed by atoms with Crippen molar-refractivity contribution in [1.29, 1.82) is 0 Å². The molecule has 0 spiro atoms. The van der Waals surface area contributed by atoms with Gasteiger partial charge >= 0.3 is 18.1 Å². The van der Waals surface area contributed by atoms with Gasteiger partial charge in [-0.3, -0.25) is 4.21 Å². The minimum absolute atomic E-state index is 0.264. The van der Waals surface area contributed by atoms with Crippen molar-refractivity contribution in [3.05, 3.63) is 28.8 Å². The van der Waals surface area contributed by atoms with Crippen LogP contribution in [0.4, 0.5) is 22.0 Å². The van der Waals surface area contributed by atoms with Gasteiger partial charge in [-0.2, -0.15) is 22.0 Å². The molecule has 0 aliphatic heterocycles. The lowest BCUT2D eigenvalue weighted by molar-refractivity contribution is -0.290. The number of benzene rings is 1. The van der Waals surface area contributed by atoms with Crippen LogP contribution in [0.25, 0.3) is 0 Å². The molecule has 0 saturated heterocycles. The van der Waals surface area contributed by atoms with E-state index in [0.29, 0.717) is 12.1 Å². The van der Waals surface area contributed by atoms with Gasteiger partial charge < -0.3 is 5.11 Å². The summed E-state index contributed by atoms with van der Waals surface area (Å²) in [6.45, 7) is 4.11. The summed E-state index contributed by atoms with van der Waals surface area (Å²) in [6.07, 6.45) is -5.61. The van der Waals surface area contributed by atoms with Crippen molar-refractivity contribution in [3.63, 3.8) is 0 Å². The number of halogens is 5. The Morgan fingerprint density at radius 2 is 1.78 bits per heavy atom. The van der Waals surface area contributed by atoms with Crippen molar-refractivity contribution < 1.29 is 36.1 Å². The maximum Gasteiger partial charge on any atom is 0.458 e. The lowest BCUT2D eigenvalue weighted by Gasteiger charge is -2.25. The number of carboxylic acid groups (broad SMARTS) is 1. The van der Waals surface area contributed by atoms with Crippen molar-refractivity contribution in [2.75, 3.05) is 0 Å². The number of carbonyl (C=O) groups is 1. The fourth-order valence-electron chi connectivity index (χ4n) is 1.94. The van der Waals surface area contributed by atoms with E-state index >= 15 is 0 Å². The van der Waals surface area contributed by atoms with Crippen LogP contribution in [0.3, 0.4) is 0 Å². The van der Waals surface area contributed by atoms with Crippen LogP contribution in [0.1, 0.15) is 41.8 Å². The first kappa shape index (κ1) is 19.5. The molecular formula is C14H15F5O3S. The second-order valence-electron chi connectivity index (χ2n) is 5.01. The average molecular weight is 358 g/mol. The van der Waals surface area contributed by atoms with Crippen LogP contribution in [0.2, 0.25) is 0 Å². The Morgan fingerprint density at radius 3 is 2.17 bits per heavy atom. The van der Waals surface area contributed by atoms with Gasteiger partial charge in [-0.05, 0) is 25.0 Å². The molecule has 130 valence electrons. The van der Waals surface area contributed by atoms with Crippen LogP contribution in [-0.4, -0.2) is 26.7 Å². The summed E-state index contributed by atoms with van der Waals surface area (Å²) in [7, 11) is -2.20. The number of hydrogen-bond acceptors (Lipinski definition) is 2.